The van der Waals surface area contributed by atoms with Crippen LogP contribution in [0, 0.1) is 5.92 Å². The van der Waals surface area contributed by atoms with Gasteiger partial charge in [0.05, 0.1) is 0 Å². The summed E-state index contributed by atoms with van der Waals surface area (Å²) < 4.78 is 11.7. The molecule has 0 saturated heterocycles. The van der Waals surface area contributed by atoms with Gasteiger partial charge < -0.3 is 11.1 Å². The number of carbonyl (C=O) groups is 1. The lowest BCUT2D eigenvalue weighted by Crippen LogP contribution is -2.17. The van der Waals surface area contributed by atoms with E-state index in [0.717, 1.165) is 6.42 Å². The van der Waals surface area contributed by atoms with Crippen molar-refractivity contribution in [3.8, 4) is 0 Å². The number of carbonyl (C=O) groups excluding carboxylic acids is 1. The highest BCUT2D eigenvalue weighted by molar-refractivity contribution is 7.85. The summed E-state index contributed by atoms with van der Waals surface area (Å²) in [5, 5.41) is 2.76. The molecule has 0 aromatic heterocycles. The number of benzene rings is 1. The maximum absolute atomic E-state index is 11.7. The van der Waals surface area contributed by atoms with Crippen molar-refractivity contribution in [1.29, 1.82) is 0 Å². The minimum Gasteiger partial charge on any atom is -0.399 e. The molecule has 1 amide bonds. The van der Waals surface area contributed by atoms with E-state index in [2.05, 4.69) is 19.2 Å². The summed E-state index contributed by atoms with van der Waals surface area (Å²) in [6.45, 7) is 4.15. The second-order valence-electron chi connectivity index (χ2n) is 4.74. The van der Waals surface area contributed by atoms with Crippen LogP contribution in [0.15, 0.2) is 24.3 Å². The van der Waals surface area contributed by atoms with Crippen molar-refractivity contribution in [2.45, 2.75) is 26.7 Å². The normalized spacial score (nSPS) is 13.8. The number of hydrogen-bond donors (Lipinski definition) is 2. The Bertz CT molecular complexity index is 432. The summed E-state index contributed by atoms with van der Waals surface area (Å²) in [4.78, 5) is 11.7. The van der Waals surface area contributed by atoms with Crippen LogP contribution in [0.25, 0.3) is 0 Å². The average Bonchev–Trinajstić information content (AvgIpc) is 2.39. The summed E-state index contributed by atoms with van der Waals surface area (Å²) in [5.41, 5.74) is 6.94. The topological polar surface area (TPSA) is 72.2 Å². The van der Waals surface area contributed by atoms with E-state index in [9.17, 15) is 9.00 Å². The third-order valence-corrected chi connectivity index (χ3v) is 4.52. The monoisotopic (exact) mass is 282 g/mol. The minimum absolute atomic E-state index is 0.109. The van der Waals surface area contributed by atoms with Crippen LogP contribution in [0.4, 0.5) is 11.4 Å². The molecule has 19 heavy (non-hydrogen) atoms. The van der Waals surface area contributed by atoms with Crippen molar-refractivity contribution in [2.75, 3.05) is 22.6 Å². The van der Waals surface area contributed by atoms with Gasteiger partial charge >= 0.3 is 0 Å². The fourth-order valence-electron chi connectivity index (χ4n) is 1.51. The molecule has 1 aromatic rings. The summed E-state index contributed by atoms with van der Waals surface area (Å²) in [5.74, 6) is 1.43. The zero-order chi connectivity index (χ0) is 14.3. The lowest BCUT2D eigenvalue weighted by molar-refractivity contribution is -0.115. The number of rotatable bonds is 7. The van der Waals surface area contributed by atoms with Gasteiger partial charge in [-0.05, 0) is 30.2 Å². The van der Waals surface area contributed by atoms with Crippen LogP contribution in [0.1, 0.15) is 26.7 Å². The zero-order valence-electron chi connectivity index (χ0n) is 11.5. The minimum atomic E-state index is -0.913. The molecule has 1 aromatic carbocycles. The maximum Gasteiger partial charge on any atom is 0.225 e. The molecule has 0 aliphatic carbocycles. The number of hydrogen-bond acceptors (Lipinski definition) is 3. The van der Waals surface area contributed by atoms with E-state index in [-0.39, 0.29) is 12.3 Å². The Labute approximate surface area is 117 Å². The predicted molar refractivity (Wildman–Crippen MR) is 81.4 cm³/mol. The largest absolute Gasteiger partial charge is 0.399 e. The van der Waals surface area contributed by atoms with E-state index >= 15 is 0 Å². The highest BCUT2D eigenvalue weighted by atomic mass is 32.2. The van der Waals surface area contributed by atoms with Crippen LogP contribution in [-0.2, 0) is 15.6 Å². The molecule has 0 aliphatic heterocycles. The molecule has 0 saturated carbocycles. The van der Waals surface area contributed by atoms with Crippen molar-refractivity contribution in [3.05, 3.63) is 24.3 Å². The smallest absolute Gasteiger partial charge is 0.225 e. The van der Waals surface area contributed by atoms with Gasteiger partial charge in [-0.25, -0.2) is 0 Å². The fourth-order valence-corrected chi connectivity index (χ4v) is 2.97. The molecular weight excluding hydrogens is 260 g/mol. The Morgan fingerprint density at radius 3 is 2.58 bits per heavy atom. The maximum atomic E-state index is 11.7. The van der Waals surface area contributed by atoms with Crippen molar-refractivity contribution >= 4 is 28.1 Å². The van der Waals surface area contributed by atoms with Crippen molar-refractivity contribution in [2.24, 2.45) is 5.92 Å². The van der Waals surface area contributed by atoms with Gasteiger partial charge in [-0.3, -0.25) is 9.00 Å². The second-order valence-corrected chi connectivity index (χ2v) is 6.37. The number of amides is 1. The molecule has 0 fully saturated rings. The summed E-state index contributed by atoms with van der Waals surface area (Å²) in [6.07, 6.45) is 1.30. The van der Waals surface area contributed by atoms with Crippen LogP contribution in [0.3, 0.4) is 0 Å². The molecule has 106 valence electrons. The third kappa shape index (κ3) is 6.38. The van der Waals surface area contributed by atoms with Gasteiger partial charge in [-0.2, -0.15) is 0 Å². The Hall–Kier alpha value is -1.36. The van der Waals surface area contributed by atoms with E-state index < -0.39 is 10.8 Å². The summed E-state index contributed by atoms with van der Waals surface area (Å²) >= 11 is 0. The molecular formula is C14H22N2O2S. The van der Waals surface area contributed by atoms with Gasteiger partial charge in [0, 0.05) is 40.1 Å². The molecule has 0 bridgehead atoms. The quantitative estimate of drug-likeness (QED) is 0.754. The van der Waals surface area contributed by atoms with Gasteiger partial charge in [-0.15, -0.1) is 0 Å². The molecule has 4 nitrogen and oxygen atoms in total. The van der Waals surface area contributed by atoms with E-state index in [1.807, 2.05) is 0 Å². The lowest BCUT2D eigenvalue weighted by Gasteiger charge is -2.08. The number of nitrogen functional groups attached to an aromatic ring is 1. The summed E-state index contributed by atoms with van der Waals surface area (Å²) in [7, 11) is -0.913. The van der Waals surface area contributed by atoms with Gasteiger partial charge in [-0.1, -0.05) is 20.3 Å². The molecule has 0 heterocycles. The molecule has 2 unspecified atom stereocenters. The lowest BCUT2D eigenvalue weighted by atomic mass is 10.2. The van der Waals surface area contributed by atoms with Crippen LogP contribution in [0.5, 0.6) is 0 Å². The van der Waals surface area contributed by atoms with Crippen LogP contribution in [-0.4, -0.2) is 21.6 Å². The Morgan fingerprint density at radius 2 is 2.00 bits per heavy atom. The van der Waals surface area contributed by atoms with E-state index in [4.69, 9.17) is 5.73 Å². The second kappa shape index (κ2) is 7.94. The first-order chi connectivity index (χ1) is 9.01. The predicted octanol–water partition coefficient (Wildman–Crippen LogP) is 2.39. The molecule has 1 rings (SSSR count). The Kier molecular flexibility index (Phi) is 6.56. The van der Waals surface area contributed by atoms with Crippen LogP contribution in [0.2, 0.25) is 0 Å². The van der Waals surface area contributed by atoms with Gasteiger partial charge in [0.25, 0.3) is 0 Å². The van der Waals surface area contributed by atoms with Gasteiger partial charge in [0.2, 0.25) is 5.91 Å². The summed E-state index contributed by atoms with van der Waals surface area (Å²) in [6, 6.07) is 6.97. The molecule has 0 aliphatic rings. The number of nitrogens with one attached hydrogen (secondary N) is 1. The van der Waals surface area contributed by atoms with Crippen molar-refractivity contribution < 1.29 is 9.00 Å². The molecule has 0 spiro atoms. The number of anilines is 2. The first kappa shape index (κ1) is 15.7. The number of nitrogens with two attached hydrogens (primary N) is 1. The van der Waals surface area contributed by atoms with Crippen molar-refractivity contribution in [1.82, 2.24) is 0 Å². The van der Waals surface area contributed by atoms with E-state index in [1.54, 1.807) is 24.3 Å². The SMILES string of the molecule is CCC(C)CS(=O)CCC(=O)Nc1ccc(N)cc1. The van der Waals surface area contributed by atoms with Crippen LogP contribution >= 0.6 is 0 Å². The van der Waals surface area contributed by atoms with Gasteiger partial charge in [0.15, 0.2) is 0 Å². The zero-order valence-corrected chi connectivity index (χ0v) is 12.3. The van der Waals surface area contributed by atoms with Crippen LogP contribution < -0.4 is 11.1 Å². The first-order valence-corrected chi connectivity index (χ1v) is 8.00. The first-order valence-electron chi connectivity index (χ1n) is 6.51. The van der Waals surface area contributed by atoms with Crippen molar-refractivity contribution in [3.63, 3.8) is 0 Å². The third-order valence-electron chi connectivity index (χ3n) is 2.92. The van der Waals surface area contributed by atoms with E-state index in [1.165, 1.54) is 0 Å². The average molecular weight is 282 g/mol. The van der Waals surface area contributed by atoms with E-state index in [0.29, 0.717) is 28.8 Å². The Balaban J connectivity index is 2.32. The molecule has 0 radical (unpaired) electrons. The Morgan fingerprint density at radius 1 is 1.37 bits per heavy atom. The molecule has 2 atom stereocenters. The molecule has 3 N–H and O–H groups in total. The fraction of sp³-hybridized carbons (Fsp3) is 0.500. The highest BCUT2D eigenvalue weighted by Gasteiger charge is 2.09. The highest BCUT2D eigenvalue weighted by Crippen LogP contribution is 2.11. The van der Waals surface area contributed by atoms with Gasteiger partial charge in [0.1, 0.15) is 0 Å². The molecule has 5 heteroatoms. The standard InChI is InChI=1S/C14H22N2O2S/c1-3-11(2)10-19(18)9-8-14(17)16-13-6-4-12(15)5-7-13/h4-7,11H,3,8-10,15H2,1-2H3,(H,16,17).